The van der Waals surface area contributed by atoms with E-state index in [4.69, 9.17) is 9.84 Å². The topological polar surface area (TPSA) is 58.6 Å². The predicted molar refractivity (Wildman–Crippen MR) is 56.6 cm³/mol. The van der Waals surface area contributed by atoms with Crippen LogP contribution in [0.15, 0.2) is 24.3 Å². The van der Waals surface area contributed by atoms with Crippen molar-refractivity contribution in [1.82, 2.24) is 5.32 Å². The summed E-state index contributed by atoms with van der Waals surface area (Å²) in [5.41, 5.74) is 0.970. The number of hydrogen-bond donors (Lipinski definition) is 2. The third-order valence-corrected chi connectivity index (χ3v) is 2.14. The Morgan fingerprint density at radius 3 is 2.53 bits per heavy atom. The van der Waals surface area contributed by atoms with Crippen molar-refractivity contribution in [2.45, 2.75) is 13.0 Å². The summed E-state index contributed by atoms with van der Waals surface area (Å²) in [5, 5.41) is 11.2. The van der Waals surface area contributed by atoms with Crippen molar-refractivity contribution in [3.05, 3.63) is 29.8 Å². The quantitative estimate of drug-likeness (QED) is 0.773. The molecule has 4 heteroatoms. The number of rotatable bonds is 4. The number of benzene rings is 1. The highest BCUT2D eigenvalue weighted by molar-refractivity contribution is 5.77. The fraction of sp³-hybridized carbons (Fsp3) is 0.364. The second-order valence-corrected chi connectivity index (χ2v) is 3.22. The van der Waals surface area contributed by atoms with E-state index in [9.17, 15) is 4.79 Å². The lowest BCUT2D eigenvalue weighted by Gasteiger charge is -2.13. The van der Waals surface area contributed by atoms with Crippen molar-refractivity contribution >= 4 is 5.91 Å². The molecule has 2 N–H and O–H groups in total. The molecule has 0 radical (unpaired) electrons. The number of nitrogens with one attached hydrogen (secondary N) is 1. The van der Waals surface area contributed by atoms with Crippen molar-refractivity contribution in [3.63, 3.8) is 0 Å². The molecule has 4 nitrogen and oxygen atoms in total. The molecule has 82 valence electrons. The maximum absolute atomic E-state index is 10.9. The molecule has 0 fully saturated rings. The number of carbonyl (C=O) groups excluding carboxylic acids is 1. The van der Waals surface area contributed by atoms with E-state index in [1.54, 1.807) is 7.11 Å². The van der Waals surface area contributed by atoms with Gasteiger partial charge >= 0.3 is 0 Å². The second kappa shape index (κ2) is 5.36. The van der Waals surface area contributed by atoms with Gasteiger partial charge in [-0.05, 0) is 24.6 Å². The molecule has 1 unspecified atom stereocenters. The first-order chi connectivity index (χ1) is 7.17. The summed E-state index contributed by atoms with van der Waals surface area (Å²) in [4.78, 5) is 10.9. The van der Waals surface area contributed by atoms with Crippen molar-refractivity contribution in [2.24, 2.45) is 0 Å². The molecular formula is C11H15NO3. The highest BCUT2D eigenvalue weighted by Crippen LogP contribution is 2.16. The van der Waals surface area contributed by atoms with Crippen LogP contribution in [0.5, 0.6) is 5.75 Å². The van der Waals surface area contributed by atoms with E-state index >= 15 is 0 Å². The molecule has 1 aromatic carbocycles. The number of ether oxygens (including phenoxy) is 1. The zero-order valence-corrected chi connectivity index (χ0v) is 8.86. The smallest absolute Gasteiger partial charge is 0.246 e. The molecule has 0 saturated heterocycles. The Balaban J connectivity index is 2.65. The van der Waals surface area contributed by atoms with Gasteiger partial charge in [0.15, 0.2) is 0 Å². The Kier molecular flexibility index (Phi) is 4.12. The average Bonchev–Trinajstić information content (AvgIpc) is 2.29. The van der Waals surface area contributed by atoms with Gasteiger partial charge in [-0.15, -0.1) is 0 Å². The molecule has 0 saturated carbocycles. The zero-order chi connectivity index (χ0) is 11.3. The highest BCUT2D eigenvalue weighted by Gasteiger charge is 2.07. The Morgan fingerprint density at radius 1 is 1.47 bits per heavy atom. The molecule has 0 spiro atoms. The maximum atomic E-state index is 10.9. The van der Waals surface area contributed by atoms with E-state index in [0.717, 1.165) is 11.3 Å². The maximum Gasteiger partial charge on any atom is 0.246 e. The molecule has 0 aromatic heterocycles. The molecule has 1 atom stereocenters. The summed E-state index contributed by atoms with van der Waals surface area (Å²) in [6.45, 7) is 1.37. The lowest BCUT2D eigenvalue weighted by Crippen LogP contribution is -2.28. The van der Waals surface area contributed by atoms with Gasteiger partial charge in [-0.3, -0.25) is 4.79 Å². The fourth-order valence-electron chi connectivity index (χ4n) is 1.26. The first kappa shape index (κ1) is 11.5. The van der Waals surface area contributed by atoms with Gasteiger partial charge in [0, 0.05) is 0 Å². The lowest BCUT2D eigenvalue weighted by molar-refractivity contribution is -0.124. The standard InChI is InChI=1S/C11H15NO3/c1-8(12-11(14)7-13)9-3-5-10(15-2)6-4-9/h3-6,8,13H,7H2,1-2H3,(H,12,14). The van der Waals surface area contributed by atoms with E-state index in [-0.39, 0.29) is 11.9 Å². The van der Waals surface area contributed by atoms with Crippen molar-refractivity contribution in [3.8, 4) is 5.75 Å². The van der Waals surface area contributed by atoms with Crippen LogP contribution >= 0.6 is 0 Å². The Hall–Kier alpha value is -1.55. The molecule has 0 heterocycles. The van der Waals surface area contributed by atoms with Gasteiger partial charge in [0.05, 0.1) is 13.2 Å². The monoisotopic (exact) mass is 209 g/mol. The molecule has 15 heavy (non-hydrogen) atoms. The molecule has 1 rings (SSSR count). The summed E-state index contributed by atoms with van der Waals surface area (Å²) < 4.78 is 5.02. The van der Waals surface area contributed by atoms with Gasteiger partial charge in [0.2, 0.25) is 5.91 Å². The summed E-state index contributed by atoms with van der Waals surface area (Å²) in [5.74, 6) is 0.401. The Morgan fingerprint density at radius 2 is 2.07 bits per heavy atom. The SMILES string of the molecule is COc1ccc(C(C)NC(=O)CO)cc1. The number of aliphatic hydroxyl groups excluding tert-OH is 1. The summed E-state index contributed by atoms with van der Waals surface area (Å²) in [6.07, 6.45) is 0. The Labute approximate surface area is 88.9 Å². The number of hydrogen-bond acceptors (Lipinski definition) is 3. The number of aliphatic hydroxyl groups is 1. The molecule has 0 aliphatic carbocycles. The summed E-state index contributed by atoms with van der Waals surface area (Å²) >= 11 is 0. The van der Waals surface area contributed by atoms with E-state index in [2.05, 4.69) is 5.32 Å². The minimum atomic E-state index is -0.486. The molecule has 0 aliphatic rings. The van der Waals surface area contributed by atoms with Crippen LogP contribution in [0.25, 0.3) is 0 Å². The predicted octanol–water partition coefficient (Wildman–Crippen LogP) is 0.865. The van der Waals surface area contributed by atoms with E-state index in [1.165, 1.54) is 0 Å². The van der Waals surface area contributed by atoms with E-state index in [0.29, 0.717) is 0 Å². The highest BCUT2D eigenvalue weighted by atomic mass is 16.5. The van der Waals surface area contributed by atoms with Crippen LogP contribution in [-0.4, -0.2) is 24.7 Å². The molecule has 0 aliphatic heterocycles. The van der Waals surface area contributed by atoms with Gasteiger partial charge < -0.3 is 15.2 Å². The largest absolute Gasteiger partial charge is 0.497 e. The molecule has 1 aromatic rings. The zero-order valence-electron chi connectivity index (χ0n) is 8.86. The van der Waals surface area contributed by atoms with Crippen LogP contribution in [0.4, 0.5) is 0 Å². The summed E-state index contributed by atoms with van der Waals surface area (Å²) in [6, 6.07) is 7.30. The lowest BCUT2D eigenvalue weighted by atomic mass is 10.1. The second-order valence-electron chi connectivity index (χ2n) is 3.22. The van der Waals surface area contributed by atoms with Gasteiger partial charge in [0.1, 0.15) is 12.4 Å². The van der Waals surface area contributed by atoms with Crippen LogP contribution < -0.4 is 10.1 Å². The van der Waals surface area contributed by atoms with Crippen LogP contribution in [0.1, 0.15) is 18.5 Å². The van der Waals surface area contributed by atoms with Crippen LogP contribution in [0.3, 0.4) is 0 Å². The van der Waals surface area contributed by atoms with E-state index < -0.39 is 6.61 Å². The van der Waals surface area contributed by atoms with Crippen molar-refractivity contribution in [2.75, 3.05) is 13.7 Å². The average molecular weight is 209 g/mol. The molecule has 0 bridgehead atoms. The normalized spacial score (nSPS) is 11.9. The Bertz CT molecular complexity index is 321. The van der Waals surface area contributed by atoms with Gasteiger partial charge in [0.25, 0.3) is 0 Å². The van der Waals surface area contributed by atoms with Crippen molar-refractivity contribution in [1.29, 1.82) is 0 Å². The van der Waals surface area contributed by atoms with E-state index in [1.807, 2.05) is 31.2 Å². The fourth-order valence-corrected chi connectivity index (χ4v) is 1.26. The number of methoxy groups -OCH3 is 1. The first-order valence-electron chi connectivity index (χ1n) is 4.71. The first-order valence-corrected chi connectivity index (χ1v) is 4.71. The molecule has 1 amide bonds. The third-order valence-electron chi connectivity index (χ3n) is 2.14. The minimum Gasteiger partial charge on any atom is -0.497 e. The minimum absolute atomic E-state index is 0.115. The summed E-state index contributed by atoms with van der Waals surface area (Å²) in [7, 11) is 1.60. The van der Waals surface area contributed by atoms with Crippen LogP contribution in [-0.2, 0) is 4.79 Å². The van der Waals surface area contributed by atoms with Crippen LogP contribution in [0, 0.1) is 0 Å². The van der Waals surface area contributed by atoms with Crippen molar-refractivity contribution < 1.29 is 14.6 Å². The molecular weight excluding hydrogens is 194 g/mol. The number of amides is 1. The number of carbonyl (C=O) groups is 1. The van der Waals surface area contributed by atoms with Crippen LogP contribution in [0.2, 0.25) is 0 Å². The third kappa shape index (κ3) is 3.25. The van der Waals surface area contributed by atoms with Gasteiger partial charge in [-0.25, -0.2) is 0 Å². The van der Waals surface area contributed by atoms with Gasteiger partial charge in [-0.2, -0.15) is 0 Å². The van der Waals surface area contributed by atoms with Gasteiger partial charge in [-0.1, -0.05) is 12.1 Å².